The molecule has 2 aromatic rings. The molecule has 1 fully saturated rings. The smallest absolute Gasteiger partial charge is 0.247 e. The van der Waals surface area contributed by atoms with E-state index >= 15 is 0 Å². The second-order valence-corrected chi connectivity index (χ2v) is 7.42. The van der Waals surface area contributed by atoms with Crippen LogP contribution in [0, 0.1) is 13.8 Å². The Morgan fingerprint density at radius 1 is 1.07 bits per heavy atom. The van der Waals surface area contributed by atoms with Gasteiger partial charge < -0.3 is 20.0 Å². The monoisotopic (exact) mass is 369 g/mol. The molecule has 1 aromatic heterocycles. The Bertz CT molecular complexity index is 739. The number of anilines is 3. The summed E-state index contributed by atoms with van der Waals surface area (Å²) in [6, 6.07) is 6.53. The first-order valence-corrected chi connectivity index (χ1v) is 9.69. The molecule has 0 radical (unpaired) electrons. The summed E-state index contributed by atoms with van der Waals surface area (Å²) in [5, 5.41) is 11.7. The maximum atomic E-state index is 4.65. The van der Waals surface area contributed by atoms with Crippen molar-refractivity contribution in [3.8, 4) is 0 Å². The highest BCUT2D eigenvalue weighted by molar-refractivity contribution is 5.57. The van der Waals surface area contributed by atoms with Crippen molar-refractivity contribution in [2.75, 3.05) is 68.5 Å². The molecule has 1 N–H and O–H groups in total. The summed E-state index contributed by atoms with van der Waals surface area (Å²) in [6.07, 6.45) is 2.77. The van der Waals surface area contributed by atoms with Gasteiger partial charge in [-0.05, 0) is 58.1 Å². The number of benzene rings is 1. The highest BCUT2D eigenvalue weighted by atomic mass is 15.4. The van der Waals surface area contributed by atoms with Crippen LogP contribution in [0.3, 0.4) is 0 Å². The minimum atomic E-state index is 0.716. The summed E-state index contributed by atoms with van der Waals surface area (Å²) in [7, 11) is 4.17. The zero-order valence-corrected chi connectivity index (χ0v) is 16.9. The molecule has 0 amide bonds. The Hall–Kier alpha value is -2.41. The number of nitrogens with one attached hydrogen (secondary N) is 1. The van der Waals surface area contributed by atoms with Crippen LogP contribution in [0.25, 0.3) is 0 Å². The number of rotatable bonds is 7. The number of nitrogens with zero attached hydrogens (tertiary/aromatic N) is 6. The van der Waals surface area contributed by atoms with Crippen molar-refractivity contribution in [1.82, 2.24) is 20.1 Å². The average molecular weight is 370 g/mol. The van der Waals surface area contributed by atoms with Gasteiger partial charge in [0, 0.05) is 38.4 Å². The molecule has 0 unspecified atom stereocenters. The van der Waals surface area contributed by atoms with Crippen LogP contribution < -0.4 is 15.1 Å². The van der Waals surface area contributed by atoms with Gasteiger partial charge in [-0.1, -0.05) is 12.1 Å². The van der Waals surface area contributed by atoms with E-state index in [1.807, 2.05) is 0 Å². The van der Waals surface area contributed by atoms with E-state index in [1.54, 1.807) is 6.20 Å². The van der Waals surface area contributed by atoms with Gasteiger partial charge in [0.2, 0.25) is 5.95 Å². The Morgan fingerprint density at radius 2 is 1.81 bits per heavy atom. The number of piperazine rings is 1. The zero-order valence-electron chi connectivity index (χ0n) is 16.9. The first-order valence-electron chi connectivity index (χ1n) is 9.69. The van der Waals surface area contributed by atoms with Crippen molar-refractivity contribution in [2.45, 2.75) is 20.3 Å². The van der Waals surface area contributed by atoms with Crippen molar-refractivity contribution in [1.29, 1.82) is 0 Å². The molecular formula is C20H31N7. The van der Waals surface area contributed by atoms with Crippen LogP contribution in [0.2, 0.25) is 0 Å². The highest BCUT2D eigenvalue weighted by Gasteiger charge is 2.21. The fourth-order valence-electron chi connectivity index (χ4n) is 3.35. The van der Waals surface area contributed by atoms with Gasteiger partial charge in [-0.15, -0.1) is 5.10 Å². The third-order valence-corrected chi connectivity index (χ3v) is 5.12. The first kappa shape index (κ1) is 19.4. The topological polar surface area (TPSA) is 60.4 Å². The SMILES string of the molecule is Cc1cccc(N2CCN(c3nncc(NCCCN(C)C)n3)CC2)c1C. The van der Waals surface area contributed by atoms with E-state index in [1.165, 1.54) is 16.8 Å². The number of hydrogen-bond donors (Lipinski definition) is 1. The highest BCUT2D eigenvalue weighted by Crippen LogP contribution is 2.24. The third kappa shape index (κ3) is 5.07. The van der Waals surface area contributed by atoms with Gasteiger partial charge in [-0.2, -0.15) is 10.1 Å². The maximum absolute atomic E-state index is 4.65. The van der Waals surface area contributed by atoms with Crippen LogP contribution in [-0.2, 0) is 0 Å². The second kappa shape index (κ2) is 8.99. The predicted molar refractivity (Wildman–Crippen MR) is 112 cm³/mol. The minimum absolute atomic E-state index is 0.716. The molecule has 0 atom stereocenters. The van der Waals surface area contributed by atoms with E-state index < -0.39 is 0 Å². The number of hydrogen-bond acceptors (Lipinski definition) is 7. The lowest BCUT2D eigenvalue weighted by atomic mass is 10.1. The fraction of sp³-hybridized carbons (Fsp3) is 0.550. The van der Waals surface area contributed by atoms with Gasteiger partial charge in [0.05, 0.1) is 6.20 Å². The van der Waals surface area contributed by atoms with Crippen LogP contribution in [0.15, 0.2) is 24.4 Å². The maximum Gasteiger partial charge on any atom is 0.247 e. The molecule has 27 heavy (non-hydrogen) atoms. The average Bonchev–Trinajstić information content (AvgIpc) is 2.68. The van der Waals surface area contributed by atoms with E-state index in [2.05, 4.69) is 81.3 Å². The van der Waals surface area contributed by atoms with E-state index in [9.17, 15) is 0 Å². The minimum Gasteiger partial charge on any atom is -0.369 e. The van der Waals surface area contributed by atoms with Crippen LogP contribution in [0.1, 0.15) is 17.5 Å². The van der Waals surface area contributed by atoms with Gasteiger partial charge in [0.15, 0.2) is 5.82 Å². The summed E-state index contributed by atoms with van der Waals surface area (Å²) >= 11 is 0. The van der Waals surface area contributed by atoms with Gasteiger partial charge in [-0.3, -0.25) is 0 Å². The molecule has 146 valence electrons. The summed E-state index contributed by atoms with van der Waals surface area (Å²) in [6.45, 7) is 10.1. The lowest BCUT2D eigenvalue weighted by Gasteiger charge is -2.36. The van der Waals surface area contributed by atoms with Crippen molar-refractivity contribution < 1.29 is 0 Å². The molecule has 0 bridgehead atoms. The van der Waals surface area contributed by atoms with Crippen LogP contribution >= 0.6 is 0 Å². The molecule has 1 aliphatic heterocycles. The number of aryl methyl sites for hydroxylation is 1. The quantitative estimate of drug-likeness (QED) is 0.751. The van der Waals surface area contributed by atoms with Crippen molar-refractivity contribution in [3.63, 3.8) is 0 Å². The first-order chi connectivity index (χ1) is 13.0. The molecule has 0 spiro atoms. The summed E-state index contributed by atoms with van der Waals surface area (Å²) < 4.78 is 0. The van der Waals surface area contributed by atoms with Gasteiger partial charge >= 0.3 is 0 Å². The summed E-state index contributed by atoms with van der Waals surface area (Å²) in [5.74, 6) is 1.52. The second-order valence-electron chi connectivity index (χ2n) is 7.42. The van der Waals surface area contributed by atoms with E-state index in [0.29, 0.717) is 5.95 Å². The van der Waals surface area contributed by atoms with Gasteiger partial charge in [-0.25, -0.2) is 0 Å². The Labute approximate surface area is 162 Å². The van der Waals surface area contributed by atoms with Gasteiger partial charge in [0.1, 0.15) is 0 Å². The van der Waals surface area contributed by atoms with Crippen molar-refractivity contribution in [2.24, 2.45) is 0 Å². The van der Waals surface area contributed by atoms with Crippen LogP contribution in [0.4, 0.5) is 17.5 Å². The molecule has 7 nitrogen and oxygen atoms in total. The van der Waals surface area contributed by atoms with Gasteiger partial charge in [0.25, 0.3) is 0 Å². The molecular weight excluding hydrogens is 338 g/mol. The largest absolute Gasteiger partial charge is 0.369 e. The molecule has 7 heteroatoms. The molecule has 0 aliphatic carbocycles. The van der Waals surface area contributed by atoms with Crippen LogP contribution in [0.5, 0.6) is 0 Å². The molecule has 0 saturated carbocycles. The Morgan fingerprint density at radius 3 is 2.56 bits per heavy atom. The molecule has 3 rings (SSSR count). The molecule has 1 saturated heterocycles. The number of aromatic nitrogens is 3. The fourth-order valence-corrected chi connectivity index (χ4v) is 3.35. The van der Waals surface area contributed by atoms with E-state index in [-0.39, 0.29) is 0 Å². The van der Waals surface area contributed by atoms with Crippen molar-refractivity contribution >= 4 is 17.5 Å². The standard InChI is InChI=1S/C20H31N7/c1-16-7-5-8-18(17(16)2)26-11-13-27(14-12-26)20-23-19(15-22-24-20)21-9-6-10-25(3)4/h5,7-8,15H,6,9-14H2,1-4H3,(H,21,23,24). The Balaban J connectivity index is 1.56. The Kier molecular flexibility index (Phi) is 6.45. The van der Waals surface area contributed by atoms with E-state index in [4.69, 9.17) is 0 Å². The normalized spacial score (nSPS) is 14.7. The zero-order chi connectivity index (χ0) is 19.2. The molecule has 2 heterocycles. The lowest BCUT2D eigenvalue weighted by molar-refractivity contribution is 0.405. The van der Waals surface area contributed by atoms with E-state index in [0.717, 1.165) is 51.5 Å². The lowest BCUT2D eigenvalue weighted by Crippen LogP contribution is -2.47. The molecule has 1 aliphatic rings. The van der Waals surface area contributed by atoms with Crippen molar-refractivity contribution in [3.05, 3.63) is 35.5 Å². The summed E-state index contributed by atoms with van der Waals surface area (Å²) in [4.78, 5) is 11.5. The predicted octanol–water partition coefficient (Wildman–Crippen LogP) is 2.18. The molecule has 1 aromatic carbocycles. The van der Waals surface area contributed by atoms with Crippen LogP contribution in [-0.4, -0.2) is 73.4 Å². The summed E-state index contributed by atoms with van der Waals surface area (Å²) in [5.41, 5.74) is 4.05. The third-order valence-electron chi connectivity index (χ3n) is 5.12.